The number of nitrogens with zero attached hydrogens (tertiary/aromatic N) is 4. The van der Waals surface area contributed by atoms with Gasteiger partial charge in [-0.2, -0.15) is 0 Å². The topological polar surface area (TPSA) is 80.1 Å². The van der Waals surface area contributed by atoms with Crippen LogP contribution in [0.25, 0.3) is 16.9 Å². The van der Waals surface area contributed by atoms with Gasteiger partial charge in [-0.15, -0.1) is 0 Å². The summed E-state index contributed by atoms with van der Waals surface area (Å²) in [6.07, 6.45) is 5.91. The number of amides is 1. The fourth-order valence-corrected chi connectivity index (χ4v) is 5.08. The summed E-state index contributed by atoms with van der Waals surface area (Å²) in [4.78, 5) is 35.4. The minimum atomic E-state index is -0.793. The molecular weight excluding hydrogens is 464 g/mol. The monoisotopic (exact) mass is 493 g/mol. The first-order valence-electron chi connectivity index (χ1n) is 12.5. The Kier molecular flexibility index (Phi) is 7.06. The molecule has 1 saturated heterocycles. The molecule has 2 aliphatic rings. The number of carbonyl (C=O) groups excluding carboxylic acids is 1. The largest absolute Gasteiger partial charge is 0.351 e. The first-order chi connectivity index (χ1) is 17.5. The molecule has 3 heterocycles. The van der Waals surface area contributed by atoms with Crippen molar-refractivity contribution >= 4 is 11.9 Å². The summed E-state index contributed by atoms with van der Waals surface area (Å²) in [5.41, 5.74) is 1.13. The molecule has 7 nitrogen and oxygen atoms in total. The van der Waals surface area contributed by atoms with Gasteiger partial charge in [-0.1, -0.05) is 18.2 Å². The quantitative estimate of drug-likeness (QED) is 0.571. The summed E-state index contributed by atoms with van der Waals surface area (Å²) < 4.78 is 29.6. The van der Waals surface area contributed by atoms with Crippen LogP contribution in [0.4, 0.5) is 14.7 Å². The third kappa shape index (κ3) is 5.29. The van der Waals surface area contributed by atoms with Gasteiger partial charge in [0, 0.05) is 48.6 Å². The average Bonchev–Trinajstić information content (AvgIpc) is 2.90. The normalized spacial score (nSPS) is 20.8. The third-order valence-electron chi connectivity index (χ3n) is 7.11. The number of piperidine rings is 1. The highest BCUT2D eigenvalue weighted by atomic mass is 19.1. The molecule has 0 spiro atoms. The van der Waals surface area contributed by atoms with Crippen molar-refractivity contribution in [2.24, 2.45) is 5.92 Å². The molecule has 3 aromatic rings. The summed E-state index contributed by atoms with van der Waals surface area (Å²) >= 11 is 0. The van der Waals surface area contributed by atoms with Crippen molar-refractivity contribution in [2.45, 2.75) is 50.7 Å². The second-order valence-electron chi connectivity index (χ2n) is 9.54. The zero-order valence-electron chi connectivity index (χ0n) is 19.9. The highest BCUT2D eigenvalue weighted by Gasteiger charge is 2.31. The van der Waals surface area contributed by atoms with E-state index in [-0.39, 0.29) is 29.1 Å². The molecule has 1 aliphatic heterocycles. The summed E-state index contributed by atoms with van der Waals surface area (Å²) in [7, 11) is 0. The van der Waals surface area contributed by atoms with E-state index in [1.807, 2.05) is 4.90 Å². The first kappa shape index (κ1) is 24.1. The molecule has 5 rings (SSSR count). The Morgan fingerprint density at radius 1 is 1.00 bits per heavy atom. The molecule has 36 heavy (non-hydrogen) atoms. The van der Waals surface area contributed by atoms with E-state index in [1.54, 1.807) is 42.6 Å². The van der Waals surface area contributed by atoms with Crippen LogP contribution in [0.5, 0.6) is 0 Å². The molecule has 1 N–H and O–H groups in total. The van der Waals surface area contributed by atoms with E-state index < -0.39 is 12.0 Å². The third-order valence-corrected chi connectivity index (χ3v) is 7.11. The van der Waals surface area contributed by atoms with Crippen molar-refractivity contribution in [3.8, 4) is 16.9 Å². The van der Waals surface area contributed by atoms with Crippen LogP contribution >= 0.6 is 0 Å². The maximum absolute atomic E-state index is 14.7. The van der Waals surface area contributed by atoms with E-state index in [1.165, 1.54) is 10.6 Å². The van der Waals surface area contributed by atoms with Gasteiger partial charge in [-0.3, -0.25) is 14.2 Å². The molecule has 1 aromatic carbocycles. The Balaban J connectivity index is 1.25. The van der Waals surface area contributed by atoms with Crippen molar-refractivity contribution in [3.63, 3.8) is 0 Å². The molecule has 0 bridgehead atoms. The Bertz CT molecular complexity index is 1280. The number of likely N-dealkylation sites (tertiary alicyclic amines) is 1. The van der Waals surface area contributed by atoms with Gasteiger partial charge < -0.3 is 10.2 Å². The Labute approximate surface area is 208 Å². The molecule has 0 unspecified atom stereocenters. The van der Waals surface area contributed by atoms with Crippen LogP contribution in [-0.4, -0.2) is 50.6 Å². The van der Waals surface area contributed by atoms with Crippen LogP contribution < -0.4 is 10.9 Å². The lowest BCUT2D eigenvalue weighted by Crippen LogP contribution is -2.43. The standard InChI is InChI=1S/C27H29F2N5O2/c28-20-11-14-33(15-12-20)26(36)18-7-9-21(10-8-18)31-27-30-17-23(29)25(32-27)19-4-3-5-22(16-19)34-13-2-1-6-24(34)35/h1-6,13,16-18,20-21H,7-12,14-15H2,(H,30,31,32). The van der Waals surface area contributed by atoms with Gasteiger partial charge in [0.25, 0.3) is 5.56 Å². The molecule has 1 amide bonds. The molecule has 0 radical (unpaired) electrons. The van der Waals surface area contributed by atoms with Crippen molar-refractivity contribution in [1.82, 2.24) is 19.4 Å². The molecule has 1 aliphatic carbocycles. The second-order valence-corrected chi connectivity index (χ2v) is 9.54. The molecular formula is C27H29F2N5O2. The van der Waals surface area contributed by atoms with Gasteiger partial charge in [-0.05, 0) is 56.7 Å². The number of anilines is 1. The maximum atomic E-state index is 14.7. The van der Waals surface area contributed by atoms with Crippen LogP contribution in [0, 0.1) is 11.7 Å². The summed E-state index contributed by atoms with van der Waals surface area (Å²) in [6, 6.07) is 12.0. The van der Waals surface area contributed by atoms with E-state index in [9.17, 15) is 18.4 Å². The Morgan fingerprint density at radius 2 is 1.78 bits per heavy atom. The van der Waals surface area contributed by atoms with Gasteiger partial charge in [0.2, 0.25) is 11.9 Å². The number of hydrogen-bond acceptors (Lipinski definition) is 5. The number of nitrogens with one attached hydrogen (secondary N) is 1. The predicted molar refractivity (Wildman–Crippen MR) is 133 cm³/mol. The van der Waals surface area contributed by atoms with Gasteiger partial charge >= 0.3 is 0 Å². The fourth-order valence-electron chi connectivity index (χ4n) is 5.08. The van der Waals surface area contributed by atoms with Crippen molar-refractivity contribution in [2.75, 3.05) is 18.4 Å². The molecule has 9 heteroatoms. The number of carbonyl (C=O) groups is 1. The predicted octanol–water partition coefficient (Wildman–Crippen LogP) is 4.36. The van der Waals surface area contributed by atoms with E-state index in [0.717, 1.165) is 31.9 Å². The Hall–Kier alpha value is -3.62. The highest BCUT2D eigenvalue weighted by molar-refractivity contribution is 5.79. The summed E-state index contributed by atoms with van der Waals surface area (Å²) in [5.74, 6) is -0.121. The number of pyridine rings is 1. The molecule has 188 valence electrons. The zero-order valence-corrected chi connectivity index (χ0v) is 19.9. The van der Waals surface area contributed by atoms with Gasteiger partial charge in [0.05, 0.1) is 6.20 Å². The number of halogens is 2. The van der Waals surface area contributed by atoms with Crippen LogP contribution in [0.1, 0.15) is 38.5 Å². The minimum absolute atomic E-state index is 0.0342. The van der Waals surface area contributed by atoms with Crippen LogP contribution in [0.15, 0.2) is 59.7 Å². The first-order valence-corrected chi connectivity index (χ1v) is 12.5. The number of aromatic nitrogens is 3. The maximum Gasteiger partial charge on any atom is 0.255 e. The lowest BCUT2D eigenvalue weighted by molar-refractivity contribution is -0.138. The smallest absolute Gasteiger partial charge is 0.255 e. The molecule has 1 saturated carbocycles. The lowest BCUT2D eigenvalue weighted by atomic mass is 9.85. The fraction of sp³-hybridized carbons (Fsp3) is 0.407. The number of alkyl halides is 1. The number of benzene rings is 1. The molecule has 2 aromatic heterocycles. The average molecular weight is 494 g/mol. The van der Waals surface area contributed by atoms with Crippen molar-refractivity contribution < 1.29 is 13.6 Å². The number of rotatable bonds is 5. The van der Waals surface area contributed by atoms with Crippen molar-refractivity contribution in [3.05, 3.63) is 71.0 Å². The van der Waals surface area contributed by atoms with Crippen LogP contribution in [0.3, 0.4) is 0 Å². The van der Waals surface area contributed by atoms with E-state index in [2.05, 4.69) is 15.3 Å². The van der Waals surface area contributed by atoms with Gasteiger partial charge in [0.15, 0.2) is 5.82 Å². The number of hydrogen-bond donors (Lipinski definition) is 1. The van der Waals surface area contributed by atoms with Gasteiger partial charge in [0.1, 0.15) is 11.9 Å². The van der Waals surface area contributed by atoms with E-state index in [4.69, 9.17) is 0 Å². The zero-order chi connectivity index (χ0) is 25.1. The molecule has 2 fully saturated rings. The van der Waals surface area contributed by atoms with Gasteiger partial charge in [-0.25, -0.2) is 18.7 Å². The molecule has 0 atom stereocenters. The van der Waals surface area contributed by atoms with E-state index in [0.29, 0.717) is 43.1 Å². The highest BCUT2D eigenvalue weighted by Crippen LogP contribution is 2.30. The minimum Gasteiger partial charge on any atom is -0.351 e. The second kappa shape index (κ2) is 10.6. The summed E-state index contributed by atoms with van der Waals surface area (Å²) in [5, 5.41) is 3.30. The van der Waals surface area contributed by atoms with Crippen LogP contribution in [-0.2, 0) is 4.79 Å². The summed E-state index contributed by atoms with van der Waals surface area (Å²) in [6.45, 7) is 1.01. The lowest BCUT2D eigenvalue weighted by Gasteiger charge is -2.35. The SMILES string of the molecule is O=C(C1CCC(Nc2ncc(F)c(-c3cccc(-n4ccccc4=O)c3)n2)CC1)N1CCC(F)CC1. The van der Waals surface area contributed by atoms with Crippen LogP contribution in [0.2, 0.25) is 0 Å². The van der Waals surface area contributed by atoms with E-state index >= 15 is 0 Å². The van der Waals surface area contributed by atoms with Crippen molar-refractivity contribution in [1.29, 1.82) is 0 Å². The Morgan fingerprint density at radius 3 is 2.53 bits per heavy atom.